The fourth-order valence-electron chi connectivity index (χ4n) is 5.05. The number of anilines is 1. The highest BCUT2D eigenvalue weighted by atomic mass is 16.2. The molecule has 1 saturated heterocycles. The highest BCUT2D eigenvalue weighted by Gasteiger charge is 2.35. The van der Waals surface area contributed by atoms with Crippen LogP contribution in [0.5, 0.6) is 0 Å². The maximum absolute atomic E-state index is 12.9. The lowest BCUT2D eigenvalue weighted by Crippen LogP contribution is -2.35. The minimum Gasteiger partial charge on any atom is -0.354 e. The molecule has 7 heteroatoms. The van der Waals surface area contributed by atoms with Crippen LogP contribution in [0.4, 0.5) is 5.69 Å². The first kappa shape index (κ1) is 22.3. The van der Waals surface area contributed by atoms with E-state index >= 15 is 0 Å². The van der Waals surface area contributed by atoms with Crippen LogP contribution in [-0.4, -0.2) is 39.7 Å². The molecule has 3 heterocycles. The number of carbonyl (C=O) groups is 2. The summed E-state index contributed by atoms with van der Waals surface area (Å²) >= 11 is 0. The molecule has 1 N–H and O–H groups in total. The van der Waals surface area contributed by atoms with E-state index in [1.54, 1.807) is 17.3 Å². The third-order valence-electron chi connectivity index (χ3n) is 7.13. The van der Waals surface area contributed by atoms with E-state index in [4.69, 9.17) is 5.10 Å². The zero-order valence-electron chi connectivity index (χ0n) is 19.9. The summed E-state index contributed by atoms with van der Waals surface area (Å²) < 4.78 is 2.06. The molecule has 0 radical (unpaired) electrons. The number of hydrogen-bond acceptors (Lipinski definition) is 4. The second-order valence-corrected chi connectivity index (χ2v) is 9.40. The second kappa shape index (κ2) is 9.41. The summed E-state index contributed by atoms with van der Waals surface area (Å²) in [6, 6.07) is 10.0. The van der Waals surface area contributed by atoms with Crippen molar-refractivity contribution in [2.75, 3.05) is 18.0 Å². The Balaban J connectivity index is 1.23. The standard InChI is InChI=1S/C27H31N5O2/c1-18-7-8-22(15-19(18)2)31-17-21(16-25(31)33)27(34)29-13-14-32-24-6-4-3-5-23(24)26(30-32)20-9-11-28-12-10-20/h7-12,15,21H,3-6,13-14,16-17H2,1-2H3,(H,29,34). The van der Waals surface area contributed by atoms with Gasteiger partial charge in [-0.2, -0.15) is 5.10 Å². The number of nitrogens with one attached hydrogen (secondary N) is 1. The molecule has 1 aromatic carbocycles. The normalized spacial score (nSPS) is 17.6. The summed E-state index contributed by atoms with van der Waals surface area (Å²) in [6.45, 7) is 5.64. The van der Waals surface area contributed by atoms with Gasteiger partial charge in [-0.15, -0.1) is 0 Å². The molecular formula is C27H31N5O2. The lowest BCUT2D eigenvalue weighted by atomic mass is 9.94. The van der Waals surface area contributed by atoms with Gasteiger partial charge in [0.2, 0.25) is 11.8 Å². The first-order chi connectivity index (χ1) is 16.5. The third-order valence-corrected chi connectivity index (χ3v) is 7.13. The van der Waals surface area contributed by atoms with E-state index in [1.165, 1.54) is 29.7 Å². The summed E-state index contributed by atoms with van der Waals surface area (Å²) in [5, 5.41) is 7.96. The molecule has 34 heavy (non-hydrogen) atoms. The summed E-state index contributed by atoms with van der Waals surface area (Å²) in [7, 11) is 0. The molecule has 2 aromatic heterocycles. The van der Waals surface area contributed by atoms with Crippen molar-refractivity contribution in [3.8, 4) is 11.3 Å². The first-order valence-corrected chi connectivity index (χ1v) is 12.2. The van der Waals surface area contributed by atoms with E-state index < -0.39 is 0 Å². The lowest BCUT2D eigenvalue weighted by molar-refractivity contribution is -0.126. The topological polar surface area (TPSA) is 80.1 Å². The fraction of sp³-hybridized carbons (Fsp3) is 0.407. The molecule has 0 bridgehead atoms. The Hall–Kier alpha value is -3.48. The first-order valence-electron chi connectivity index (χ1n) is 12.2. The van der Waals surface area contributed by atoms with Crippen LogP contribution in [0.25, 0.3) is 11.3 Å². The van der Waals surface area contributed by atoms with E-state index in [2.05, 4.69) is 21.9 Å². The van der Waals surface area contributed by atoms with Gasteiger partial charge in [-0.3, -0.25) is 19.3 Å². The smallest absolute Gasteiger partial charge is 0.227 e. The van der Waals surface area contributed by atoms with Gasteiger partial charge in [0, 0.05) is 54.4 Å². The predicted molar refractivity (Wildman–Crippen MR) is 131 cm³/mol. The molecule has 1 fully saturated rings. The SMILES string of the molecule is Cc1ccc(N2CC(C(=O)NCCn3nc(-c4ccncc4)c4c3CCCC4)CC2=O)cc1C. The predicted octanol–water partition coefficient (Wildman–Crippen LogP) is 3.61. The maximum atomic E-state index is 12.9. The van der Waals surface area contributed by atoms with Gasteiger partial charge in [-0.05, 0) is 74.9 Å². The number of aromatic nitrogens is 3. The average molecular weight is 458 g/mol. The van der Waals surface area contributed by atoms with Gasteiger partial charge in [0.1, 0.15) is 0 Å². The van der Waals surface area contributed by atoms with Crippen LogP contribution < -0.4 is 10.2 Å². The Kier molecular flexibility index (Phi) is 6.18. The number of pyridine rings is 1. The monoisotopic (exact) mass is 457 g/mol. The fourth-order valence-corrected chi connectivity index (χ4v) is 5.05. The van der Waals surface area contributed by atoms with E-state index in [0.717, 1.165) is 35.3 Å². The zero-order chi connectivity index (χ0) is 23.7. The minimum absolute atomic E-state index is 0.00606. The van der Waals surface area contributed by atoms with Gasteiger partial charge in [-0.25, -0.2) is 0 Å². The number of fused-ring (bicyclic) bond motifs is 1. The van der Waals surface area contributed by atoms with Crippen LogP contribution in [0.2, 0.25) is 0 Å². The number of nitrogens with zero attached hydrogens (tertiary/aromatic N) is 4. The summed E-state index contributed by atoms with van der Waals surface area (Å²) in [4.78, 5) is 31.3. The lowest BCUT2D eigenvalue weighted by Gasteiger charge is -2.18. The quantitative estimate of drug-likeness (QED) is 0.613. The molecule has 1 unspecified atom stereocenters. The Morgan fingerprint density at radius 2 is 1.88 bits per heavy atom. The van der Waals surface area contributed by atoms with Crippen molar-refractivity contribution >= 4 is 17.5 Å². The largest absolute Gasteiger partial charge is 0.354 e. The number of amides is 2. The van der Waals surface area contributed by atoms with Crippen molar-refractivity contribution in [2.24, 2.45) is 5.92 Å². The molecule has 5 rings (SSSR count). The zero-order valence-corrected chi connectivity index (χ0v) is 19.9. The van der Waals surface area contributed by atoms with Gasteiger partial charge in [-0.1, -0.05) is 6.07 Å². The Morgan fingerprint density at radius 1 is 1.09 bits per heavy atom. The highest BCUT2D eigenvalue weighted by molar-refractivity contribution is 6.00. The number of aryl methyl sites for hydroxylation is 2. The number of hydrogen-bond donors (Lipinski definition) is 1. The summed E-state index contributed by atoms with van der Waals surface area (Å²) in [5.41, 5.74) is 7.94. The van der Waals surface area contributed by atoms with Crippen LogP contribution in [0.1, 0.15) is 41.6 Å². The number of rotatable bonds is 6. The van der Waals surface area contributed by atoms with Gasteiger partial charge in [0.05, 0.1) is 18.2 Å². The number of carbonyl (C=O) groups excluding carboxylic acids is 2. The molecule has 0 saturated carbocycles. The molecule has 1 aliphatic carbocycles. The van der Waals surface area contributed by atoms with Gasteiger partial charge < -0.3 is 10.2 Å². The van der Waals surface area contributed by atoms with E-state index in [9.17, 15) is 9.59 Å². The molecule has 176 valence electrons. The third kappa shape index (κ3) is 4.34. The second-order valence-electron chi connectivity index (χ2n) is 9.40. The molecule has 0 spiro atoms. The van der Waals surface area contributed by atoms with Crippen molar-refractivity contribution in [1.29, 1.82) is 0 Å². The van der Waals surface area contributed by atoms with E-state index in [-0.39, 0.29) is 24.2 Å². The highest BCUT2D eigenvalue weighted by Crippen LogP contribution is 2.31. The molecule has 7 nitrogen and oxygen atoms in total. The molecule has 3 aromatic rings. The van der Waals surface area contributed by atoms with Crippen molar-refractivity contribution in [1.82, 2.24) is 20.1 Å². The van der Waals surface area contributed by atoms with Crippen molar-refractivity contribution in [2.45, 2.75) is 52.5 Å². The Labute approximate surface area is 200 Å². The van der Waals surface area contributed by atoms with Crippen molar-refractivity contribution < 1.29 is 9.59 Å². The average Bonchev–Trinajstić information content (AvgIpc) is 3.42. The Morgan fingerprint density at radius 3 is 2.68 bits per heavy atom. The molecule has 2 aliphatic rings. The maximum Gasteiger partial charge on any atom is 0.227 e. The summed E-state index contributed by atoms with van der Waals surface area (Å²) in [6.07, 6.45) is 8.25. The van der Waals surface area contributed by atoms with Crippen LogP contribution in [0.3, 0.4) is 0 Å². The molecular weight excluding hydrogens is 426 g/mol. The van der Waals surface area contributed by atoms with Gasteiger partial charge in [0.15, 0.2) is 0 Å². The van der Waals surface area contributed by atoms with Crippen LogP contribution >= 0.6 is 0 Å². The van der Waals surface area contributed by atoms with Crippen LogP contribution in [-0.2, 0) is 29.0 Å². The van der Waals surface area contributed by atoms with Crippen molar-refractivity contribution in [3.63, 3.8) is 0 Å². The van der Waals surface area contributed by atoms with Crippen LogP contribution in [0.15, 0.2) is 42.7 Å². The number of benzene rings is 1. The molecule has 2 amide bonds. The summed E-state index contributed by atoms with van der Waals surface area (Å²) in [5.74, 6) is -0.380. The molecule has 1 aliphatic heterocycles. The molecule has 1 atom stereocenters. The van der Waals surface area contributed by atoms with Gasteiger partial charge in [0.25, 0.3) is 0 Å². The van der Waals surface area contributed by atoms with Gasteiger partial charge >= 0.3 is 0 Å². The van der Waals surface area contributed by atoms with E-state index in [0.29, 0.717) is 19.6 Å². The van der Waals surface area contributed by atoms with E-state index in [1.807, 2.05) is 37.3 Å². The minimum atomic E-state index is -0.326. The Bertz CT molecular complexity index is 1220. The van der Waals surface area contributed by atoms with Crippen molar-refractivity contribution in [3.05, 3.63) is 65.1 Å². The van der Waals surface area contributed by atoms with Crippen LogP contribution in [0, 0.1) is 19.8 Å².